The van der Waals surface area contributed by atoms with E-state index in [-0.39, 0.29) is 18.2 Å². The van der Waals surface area contributed by atoms with E-state index in [0.717, 1.165) is 6.42 Å². The van der Waals surface area contributed by atoms with E-state index in [1.165, 1.54) is 12.1 Å². The van der Waals surface area contributed by atoms with Crippen LogP contribution in [0.2, 0.25) is 0 Å². The molecule has 0 atom stereocenters. The second-order valence-corrected chi connectivity index (χ2v) is 3.11. The highest BCUT2D eigenvalue weighted by molar-refractivity contribution is 5.85. The van der Waals surface area contributed by atoms with E-state index in [4.69, 9.17) is 10.2 Å². The van der Waals surface area contributed by atoms with Crippen molar-refractivity contribution in [3.05, 3.63) is 29.9 Å². The number of halogens is 2. The number of rotatable bonds is 3. The van der Waals surface area contributed by atoms with Gasteiger partial charge < -0.3 is 10.2 Å². The van der Waals surface area contributed by atoms with Crippen molar-refractivity contribution >= 4 is 23.5 Å². The molecule has 5 heteroatoms. The molecule has 0 aliphatic carbocycles. The van der Waals surface area contributed by atoms with Crippen LogP contribution in [0, 0.1) is 5.82 Å². The van der Waals surface area contributed by atoms with Gasteiger partial charge in [0.25, 0.3) is 0 Å². The van der Waals surface area contributed by atoms with Crippen LogP contribution in [0.4, 0.5) is 4.39 Å². The second kappa shape index (κ2) is 5.09. The van der Waals surface area contributed by atoms with Crippen molar-refractivity contribution in [1.29, 1.82) is 0 Å². The van der Waals surface area contributed by atoms with Crippen LogP contribution >= 0.6 is 12.4 Å². The van der Waals surface area contributed by atoms with Gasteiger partial charge in [-0.15, -0.1) is 12.4 Å². The molecule has 15 heavy (non-hydrogen) atoms. The van der Waals surface area contributed by atoms with Gasteiger partial charge in [-0.05, 0) is 25.1 Å². The summed E-state index contributed by atoms with van der Waals surface area (Å²) in [4.78, 5) is 4.15. The Morgan fingerprint density at radius 1 is 1.40 bits per heavy atom. The third kappa shape index (κ3) is 2.67. The Hall–Kier alpha value is -1.13. The van der Waals surface area contributed by atoms with Crippen LogP contribution in [0.5, 0.6) is 0 Å². The standard InChI is InChI=1S/C10H11FN2O.ClH/c11-7-3-4-9-8(6-7)13-10(14-9)2-1-5-12;/h3-4,6H,1-2,5,12H2;1H. The molecule has 0 aliphatic heterocycles. The molecule has 0 spiro atoms. The van der Waals surface area contributed by atoms with Crippen molar-refractivity contribution in [3.8, 4) is 0 Å². The lowest BCUT2D eigenvalue weighted by atomic mass is 10.3. The minimum atomic E-state index is -0.295. The molecule has 0 radical (unpaired) electrons. The summed E-state index contributed by atoms with van der Waals surface area (Å²) in [6.07, 6.45) is 1.53. The number of aryl methyl sites for hydroxylation is 1. The smallest absolute Gasteiger partial charge is 0.195 e. The molecule has 1 heterocycles. The van der Waals surface area contributed by atoms with Crippen molar-refractivity contribution in [2.45, 2.75) is 12.8 Å². The molecule has 0 bridgehead atoms. The molecule has 1 aromatic heterocycles. The number of aromatic nitrogens is 1. The minimum Gasteiger partial charge on any atom is -0.441 e. The topological polar surface area (TPSA) is 52.0 Å². The Labute approximate surface area is 92.9 Å². The molecule has 0 amide bonds. The number of nitrogens with two attached hydrogens (primary N) is 1. The largest absolute Gasteiger partial charge is 0.441 e. The Morgan fingerprint density at radius 3 is 2.93 bits per heavy atom. The fourth-order valence-electron chi connectivity index (χ4n) is 1.31. The first-order valence-corrected chi connectivity index (χ1v) is 4.54. The number of nitrogens with zero attached hydrogens (tertiary/aromatic N) is 1. The summed E-state index contributed by atoms with van der Waals surface area (Å²) in [5.41, 5.74) is 6.56. The van der Waals surface area contributed by atoms with E-state index in [1.54, 1.807) is 6.07 Å². The number of fused-ring (bicyclic) bond motifs is 1. The van der Waals surface area contributed by atoms with Crippen LogP contribution in [-0.2, 0) is 6.42 Å². The predicted molar refractivity (Wildman–Crippen MR) is 58.6 cm³/mol. The van der Waals surface area contributed by atoms with Crippen LogP contribution in [0.1, 0.15) is 12.3 Å². The van der Waals surface area contributed by atoms with Gasteiger partial charge in [0.05, 0.1) is 0 Å². The maximum atomic E-state index is 12.8. The van der Waals surface area contributed by atoms with Gasteiger partial charge in [0.1, 0.15) is 11.3 Å². The molecular weight excluding hydrogens is 219 g/mol. The Morgan fingerprint density at radius 2 is 2.20 bits per heavy atom. The molecule has 0 unspecified atom stereocenters. The Kier molecular flexibility index (Phi) is 4.05. The lowest BCUT2D eigenvalue weighted by Crippen LogP contribution is -2.00. The van der Waals surface area contributed by atoms with E-state index >= 15 is 0 Å². The van der Waals surface area contributed by atoms with Gasteiger partial charge in [-0.2, -0.15) is 0 Å². The molecule has 2 aromatic rings. The van der Waals surface area contributed by atoms with Gasteiger partial charge in [0, 0.05) is 12.5 Å². The highest BCUT2D eigenvalue weighted by atomic mass is 35.5. The first-order valence-electron chi connectivity index (χ1n) is 4.54. The molecule has 1 aromatic carbocycles. The van der Waals surface area contributed by atoms with Crippen molar-refractivity contribution in [2.24, 2.45) is 5.73 Å². The fraction of sp³-hybridized carbons (Fsp3) is 0.300. The monoisotopic (exact) mass is 230 g/mol. The molecule has 2 N–H and O–H groups in total. The lowest BCUT2D eigenvalue weighted by Gasteiger charge is -1.89. The van der Waals surface area contributed by atoms with Crippen LogP contribution in [-0.4, -0.2) is 11.5 Å². The van der Waals surface area contributed by atoms with Crippen molar-refractivity contribution < 1.29 is 8.81 Å². The number of hydrogen-bond acceptors (Lipinski definition) is 3. The highest BCUT2D eigenvalue weighted by Crippen LogP contribution is 2.17. The maximum absolute atomic E-state index is 12.8. The normalized spacial score (nSPS) is 10.3. The molecule has 0 saturated heterocycles. The SMILES string of the molecule is Cl.NCCCc1nc2cc(F)ccc2o1. The number of benzene rings is 1. The summed E-state index contributed by atoms with van der Waals surface area (Å²) >= 11 is 0. The summed E-state index contributed by atoms with van der Waals surface area (Å²) in [6, 6.07) is 4.31. The molecule has 0 aliphatic rings. The quantitative estimate of drug-likeness (QED) is 0.880. The maximum Gasteiger partial charge on any atom is 0.195 e. The van der Waals surface area contributed by atoms with Crippen molar-refractivity contribution in [3.63, 3.8) is 0 Å². The van der Waals surface area contributed by atoms with Crippen molar-refractivity contribution in [1.82, 2.24) is 4.98 Å². The zero-order valence-electron chi connectivity index (χ0n) is 8.07. The predicted octanol–water partition coefficient (Wildman–Crippen LogP) is 2.28. The highest BCUT2D eigenvalue weighted by Gasteiger charge is 2.05. The zero-order chi connectivity index (χ0) is 9.97. The molecule has 0 fully saturated rings. The van der Waals surface area contributed by atoms with Crippen LogP contribution in [0.15, 0.2) is 22.6 Å². The minimum absolute atomic E-state index is 0. The van der Waals surface area contributed by atoms with Crippen LogP contribution in [0.3, 0.4) is 0 Å². The average molecular weight is 231 g/mol. The number of oxazole rings is 1. The first kappa shape index (κ1) is 11.9. The molecule has 2 rings (SSSR count). The van der Waals surface area contributed by atoms with E-state index in [9.17, 15) is 4.39 Å². The van der Waals surface area contributed by atoms with E-state index < -0.39 is 0 Å². The summed E-state index contributed by atoms with van der Waals surface area (Å²) in [5, 5.41) is 0. The Bertz CT molecular complexity index is 444. The van der Waals surface area contributed by atoms with E-state index in [2.05, 4.69) is 4.98 Å². The van der Waals surface area contributed by atoms with Gasteiger partial charge in [-0.1, -0.05) is 0 Å². The lowest BCUT2D eigenvalue weighted by molar-refractivity contribution is 0.521. The van der Waals surface area contributed by atoms with Gasteiger partial charge in [-0.3, -0.25) is 0 Å². The van der Waals surface area contributed by atoms with Gasteiger partial charge in [0.15, 0.2) is 11.5 Å². The summed E-state index contributed by atoms with van der Waals surface area (Å²) in [7, 11) is 0. The summed E-state index contributed by atoms with van der Waals surface area (Å²) in [6.45, 7) is 0.604. The van der Waals surface area contributed by atoms with E-state index in [0.29, 0.717) is 30.0 Å². The van der Waals surface area contributed by atoms with Crippen LogP contribution < -0.4 is 5.73 Å². The molecule has 82 valence electrons. The fourth-order valence-corrected chi connectivity index (χ4v) is 1.31. The van der Waals surface area contributed by atoms with Crippen molar-refractivity contribution in [2.75, 3.05) is 6.54 Å². The zero-order valence-corrected chi connectivity index (χ0v) is 8.89. The van der Waals surface area contributed by atoms with Gasteiger partial charge in [0.2, 0.25) is 0 Å². The average Bonchev–Trinajstić information content (AvgIpc) is 2.56. The van der Waals surface area contributed by atoms with E-state index in [1.807, 2.05) is 0 Å². The Balaban J connectivity index is 0.00000112. The van der Waals surface area contributed by atoms with Crippen LogP contribution in [0.25, 0.3) is 11.1 Å². The first-order chi connectivity index (χ1) is 6.79. The van der Waals surface area contributed by atoms with Gasteiger partial charge >= 0.3 is 0 Å². The summed E-state index contributed by atoms with van der Waals surface area (Å²) < 4.78 is 18.2. The summed E-state index contributed by atoms with van der Waals surface area (Å²) in [5.74, 6) is 0.326. The number of hydrogen-bond donors (Lipinski definition) is 1. The molecular formula is C10H12ClFN2O. The third-order valence-corrected chi connectivity index (χ3v) is 1.99. The second-order valence-electron chi connectivity index (χ2n) is 3.11. The third-order valence-electron chi connectivity index (χ3n) is 1.99. The molecule has 3 nitrogen and oxygen atoms in total. The molecule has 0 saturated carbocycles. The van der Waals surface area contributed by atoms with Gasteiger partial charge in [-0.25, -0.2) is 9.37 Å².